The normalized spacial score (nSPS) is 12.0. The fourth-order valence-electron chi connectivity index (χ4n) is 2.51. The summed E-state index contributed by atoms with van der Waals surface area (Å²) in [5, 5.41) is 1.80. The lowest BCUT2D eigenvalue weighted by molar-refractivity contribution is 0.0607. The van der Waals surface area contributed by atoms with Gasteiger partial charge < -0.3 is 9.29 Å². The molecular formula is C18H12FO4S2-. The standard InChI is InChI=1S/C18H13FO4S2/c1-23-18(20)17-16(12-7-8-15(25(21)22)14(19)9-12)13(10-24-17)11-5-3-2-4-6-11/h2-10H,1H3,(H,21,22)/p-1. The van der Waals surface area contributed by atoms with Gasteiger partial charge in [0.15, 0.2) is 0 Å². The van der Waals surface area contributed by atoms with Crippen molar-refractivity contribution in [3.8, 4) is 22.3 Å². The molecule has 2 aromatic carbocycles. The topological polar surface area (TPSA) is 66.4 Å². The summed E-state index contributed by atoms with van der Waals surface area (Å²) < 4.78 is 41.0. The Labute approximate surface area is 150 Å². The lowest BCUT2D eigenvalue weighted by atomic mass is 9.97. The maximum Gasteiger partial charge on any atom is 0.348 e. The summed E-state index contributed by atoms with van der Waals surface area (Å²) in [5.41, 5.74) is 2.54. The summed E-state index contributed by atoms with van der Waals surface area (Å²) in [6, 6.07) is 13.1. The van der Waals surface area contributed by atoms with Gasteiger partial charge in [-0.25, -0.2) is 9.18 Å². The van der Waals surface area contributed by atoms with Crippen LogP contribution in [0.25, 0.3) is 22.3 Å². The van der Waals surface area contributed by atoms with Gasteiger partial charge in [-0.2, -0.15) is 0 Å². The molecule has 0 saturated carbocycles. The van der Waals surface area contributed by atoms with Crippen molar-refractivity contribution in [3.63, 3.8) is 0 Å². The number of hydrogen-bond donors (Lipinski definition) is 0. The zero-order valence-corrected chi connectivity index (χ0v) is 14.7. The Kier molecular flexibility index (Phi) is 5.08. The zero-order chi connectivity index (χ0) is 18.0. The minimum atomic E-state index is -2.67. The van der Waals surface area contributed by atoms with E-state index in [9.17, 15) is 17.9 Å². The van der Waals surface area contributed by atoms with Gasteiger partial charge in [0.25, 0.3) is 0 Å². The Morgan fingerprint density at radius 1 is 1.16 bits per heavy atom. The van der Waals surface area contributed by atoms with Gasteiger partial charge in [-0.1, -0.05) is 36.4 Å². The summed E-state index contributed by atoms with van der Waals surface area (Å²) in [4.78, 5) is 12.0. The van der Waals surface area contributed by atoms with Crippen LogP contribution in [-0.4, -0.2) is 21.8 Å². The second kappa shape index (κ2) is 7.26. The number of methoxy groups -OCH3 is 1. The molecule has 0 radical (unpaired) electrons. The maximum absolute atomic E-state index is 14.1. The average Bonchev–Trinajstić information content (AvgIpc) is 3.06. The van der Waals surface area contributed by atoms with E-state index in [1.165, 1.54) is 30.6 Å². The van der Waals surface area contributed by atoms with Crippen LogP contribution < -0.4 is 0 Å². The number of rotatable bonds is 4. The molecule has 0 aliphatic carbocycles. The Bertz CT molecular complexity index is 951. The largest absolute Gasteiger partial charge is 0.768 e. The molecular weight excluding hydrogens is 363 g/mol. The van der Waals surface area contributed by atoms with E-state index in [-0.39, 0.29) is 0 Å². The highest BCUT2D eigenvalue weighted by atomic mass is 32.2. The van der Waals surface area contributed by atoms with E-state index in [0.29, 0.717) is 16.0 Å². The molecule has 0 saturated heterocycles. The van der Waals surface area contributed by atoms with Gasteiger partial charge in [0, 0.05) is 16.5 Å². The average molecular weight is 375 g/mol. The van der Waals surface area contributed by atoms with Gasteiger partial charge in [0.1, 0.15) is 10.7 Å². The molecule has 4 nitrogen and oxygen atoms in total. The molecule has 0 bridgehead atoms. The van der Waals surface area contributed by atoms with Gasteiger partial charge in [-0.15, -0.1) is 11.3 Å². The number of benzene rings is 2. The van der Waals surface area contributed by atoms with Crippen LogP contribution in [0.4, 0.5) is 4.39 Å². The molecule has 0 fully saturated rings. The summed E-state index contributed by atoms with van der Waals surface area (Å²) in [5.74, 6) is -1.40. The highest BCUT2D eigenvalue weighted by Gasteiger charge is 2.21. The van der Waals surface area contributed by atoms with Gasteiger partial charge in [0.05, 0.1) is 12.0 Å². The van der Waals surface area contributed by atoms with Crippen molar-refractivity contribution < 1.29 is 22.7 Å². The number of carbonyl (C=O) groups is 1. The van der Waals surface area contributed by atoms with Crippen molar-refractivity contribution in [1.29, 1.82) is 0 Å². The van der Waals surface area contributed by atoms with Crippen LogP contribution in [0.1, 0.15) is 9.67 Å². The highest BCUT2D eigenvalue weighted by molar-refractivity contribution is 7.79. The van der Waals surface area contributed by atoms with Crippen LogP contribution in [0, 0.1) is 5.82 Å². The molecule has 0 amide bonds. The second-order valence-corrected chi connectivity index (χ2v) is 6.88. The third-order valence-electron chi connectivity index (χ3n) is 3.65. The molecule has 3 aromatic rings. The predicted molar refractivity (Wildman–Crippen MR) is 93.7 cm³/mol. The molecule has 0 spiro atoms. The Morgan fingerprint density at radius 3 is 2.48 bits per heavy atom. The maximum atomic E-state index is 14.1. The van der Waals surface area contributed by atoms with Gasteiger partial charge in [-0.3, -0.25) is 4.21 Å². The molecule has 1 unspecified atom stereocenters. The number of thiophene rings is 1. The van der Waals surface area contributed by atoms with E-state index < -0.39 is 27.8 Å². The molecule has 0 aliphatic rings. The lowest BCUT2D eigenvalue weighted by Gasteiger charge is -2.11. The Hall–Kier alpha value is -2.35. The fraction of sp³-hybridized carbons (Fsp3) is 0.0556. The molecule has 0 aliphatic heterocycles. The van der Waals surface area contributed by atoms with Crippen molar-refractivity contribution in [2.45, 2.75) is 4.90 Å². The monoisotopic (exact) mass is 375 g/mol. The summed E-state index contributed by atoms with van der Waals surface area (Å²) in [6.07, 6.45) is 0. The van der Waals surface area contributed by atoms with E-state index >= 15 is 0 Å². The van der Waals surface area contributed by atoms with E-state index in [1.54, 1.807) is 5.38 Å². The van der Waals surface area contributed by atoms with Crippen molar-refractivity contribution in [2.75, 3.05) is 7.11 Å². The second-order valence-electron chi connectivity index (χ2n) is 5.09. The first-order valence-electron chi connectivity index (χ1n) is 7.17. The SMILES string of the molecule is COC(=O)c1scc(-c2ccccc2)c1-c1ccc(S(=O)[O-])c(F)c1. The highest BCUT2D eigenvalue weighted by Crippen LogP contribution is 2.40. The van der Waals surface area contributed by atoms with E-state index in [1.807, 2.05) is 30.3 Å². The van der Waals surface area contributed by atoms with Gasteiger partial charge >= 0.3 is 5.97 Å². The number of halogens is 1. The number of esters is 1. The van der Waals surface area contributed by atoms with E-state index in [2.05, 4.69) is 0 Å². The molecule has 25 heavy (non-hydrogen) atoms. The first-order chi connectivity index (χ1) is 12.0. The van der Waals surface area contributed by atoms with Crippen molar-refractivity contribution >= 4 is 28.4 Å². The van der Waals surface area contributed by atoms with Crippen LogP contribution in [-0.2, 0) is 15.8 Å². The van der Waals surface area contributed by atoms with Gasteiger partial charge in [0.2, 0.25) is 0 Å². The number of ether oxygens (including phenoxy) is 1. The van der Waals surface area contributed by atoms with E-state index in [4.69, 9.17) is 4.74 Å². The summed E-state index contributed by atoms with van der Waals surface area (Å²) in [7, 11) is 1.28. The Morgan fingerprint density at radius 2 is 1.88 bits per heavy atom. The van der Waals surface area contributed by atoms with Crippen molar-refractivity contribution in [2.24, 2.45) is 0 Å². The third kappa shape index (κ3) is 3.39. The smallest absolute Gasteiger partial charge is 0.348 e. The fourth-order valence-corrected chi connectivity index (χ4v) is 3.92. The van der Waals surface area contributed by atoms with Crippen LogP contribution in [0.15, 0.2) is 58.8 Å². The summed E-state index contributed by atoms with van der Waals surface area (Å²) in [6.45, 7) is 0. The molecule has 128 valence electrons. The third-order valence-corrected chi connectivity index (χ3v) is 5.30. The molecule has 1 aromatic heterocycles. The van der Waals surface area contributed by atoms with E-state index in [0.717, 1.165) is 17.2 Å². The van der Waals surface area contributed by atoms with Gasteiger partial charge in [-0.05, 0) is 34.3 Å². The number of hydrogen-bond acceptors (Lipinski definition) is 5. The first kappa shape index (κ1) is 17.5. The van der Waals surface area contributed by atoms with Crippen LogP contribution in [0.2, 0.25) is 0 Å². The van der Waals surface area contributed by atoms with Crippen LogP contribution in [0.3, 0.4) is 0 Å². The molecule has 1 heterocycles. The first-order valence-corrected chi connectivity index (χ1v) is 9.12. The van der Waals surface area contributed by atoms with Crippen molar-refractivity contribution in [3.05, 3.63) is 64.6 Å². The van der Waals surface area contributed by atoms with Crippen molar-refractivity contribution in [1.82, 2.24) is 0 Å². The lowest BCUT2D eigenvalue weighted by Crippen LogP contribution is -2.01. The molecule has 7 heteroatoms. The van der Waals surface area contributed by atoms with Crippen LogP contribution in [0.5, 0.6) is 0 Å². The quantitative estimate of drug-likeness (QED) is 0.505. The molecule has 1 atom stereocenters. The predicted octanol–water partition coefficient (Wildman–Crippen LogP) is 4.25. The Balaban J connectivity index is 2.23. The molecule has 0 N–H and O–H groups in total. The molecule has 3 rings (SSSR count). The minimum absolute atomic E-state index is 0.330. The zero-order valence-electron chi connectivity index (χ0n) is 13.0. The minimum Gasteiger partial charge on any atom is -0.768 e. The summed E-state index contributed by atoms with van der Waals surface area (Å²) >= 11 is -1.47. The van der Waals surface area contributed by atoms with Crippen LogP contribution >= 0.6 is 11.3 Å². The number of carbonyl (C=O) groups excluding carboxylic acids is 1.